The Kier molecular flexibility index (Phi) is 5.12. The van der Waals surface area contributed by atoms with Gasteiger partial charge in [-0.25, -0.2) is 9.18 Å². The van der Waals surface area contributed by atoms with Crippen molar-refractivity contribution in [3.05, 3.63) is 71.7 Å². The second-order valence-corrected chi connectivity index (χ2v) is 5.32. The smallest absolute Gasteiger partial charge is 0.374 e. The third-order valence-corrected chi connectivity index (χ3v) is 3.55. The fourth-order valence-electron chi connectivity index (χ4n) is 2.25. The minimum absolute atomic E-state index is 0.0267. The van der Waals surface area contributed by atoms with E-state index in [9.17, 15) is 14.0 Å². The summed E-state index contributed by atoms with van der Waals surface area (Å²) in [6, 6.07) is 8.61. The number of halogens is 1. The van der Waals surface area contributed by atoms with Crippen molar-refractivity contribution in [1.29, 1.82) is 0 Å². The van der Waals surface area contributed by atoms with Crippen LogP contribution in [0.4, 0.5) is 4.39 Å². The number of ether oxygens (including phenoxy) is 2. The van der Waals surface area contributed by atoms with Gasteiger partial charge in [-0.15, -0.1) is 0 Å². The van der Waals surface area contributed by atoms with Gasteiger partial charge in [-0.3, -0.25) is 9.48 Å². The van der Waals surface area contributed by atoms with E-state index in [2.05, 4.69) is 5.10 Å². The van der Waals surface area contributed by atoms with E-state index in [0.29, 0.717) is 12.3 Å². The van der Waals surface area contributed by atoms with Crippen molar-refractivity contribution >= 4 is 11.8 Å². The first-order valence-corrected chi connectivity index (χ1v) is 7.67. The molecule has 1 aromatic carbocycles. The number of aromatic nitrogens is 2. The number of hydrogen-bond donors (Lipinski definition) is 0. The highest BCUT2D eigenvalue weighted by Gasteiger charge is 2.17. The molecule has 0 fully saturated rings. The molecule has 0 amide bonds. The van der Waals surface area contributed by atoms with Crippen molar-refractivity contribution in [3.63, 3.8) is 0 Å². The molecule has 0 aliphatic rings. The zero-order chi connectivity index (χ0) is 18.5. The zero-order valence-corrected chi connectivity index (χ0v) is 13.8. The van der Waals surface area contributed by atoms with Crippen molar-refractivity contribution in [1.82, 2.24) is 9.78 Å². The summed E-state index contributed by atoms with van der Waals surface area (Å²) in [6.07, 6.45) is 3.39. The van der Waals surface area contributed by atoms with Crippen molar-refractivity contribution < 1.29 is 27.9 Å². The predicted molar refractivity (Wildman–Crippen MR) is 87.6 cm³/mol. The molecule has 0 saturated carbocycles. The van der Waals surface area contributed by atoms with Gasteiger partial charge in [0.2, 0.25) is 5.76 Å². The monoisotopic (exact) mass is 358 g/mol. The summed E-state index contributed by atoms with van der Waals surface area (Å²) in [6.45, 7) is -0.163. The van der Waals surface area contributed by atoms with Crippen LogP contribution in [0, 0.1) is 5.82 Å². The summed E-state index contributed by atoms with van der Waals surface area (Å²) in [4.78, 5) is 24.0. The minimum atomic E-state index is -0.779. The third kappa shape index (κ3) is 3.97. The minimum Gasteiger partial charge on any atom is -0.494 e. The Morgan fingerprint density at radius 2 is 2.12 bits per heavy atom. The molecule has 3 aromatic rings. The standard InChI is InChI=1S/C18H15FN2O5/c1-24-16-5-3-12(9-14(16)19)15(22)11-25-18(23)17-6-4-13(26-17)10-21-8-2-7-20-21/h2-9H,10-11H2,1H3. The maximum absolute atomic E-state index is 13.6. The Balaban J connectivity index is 1.57. The summed E-state index contributed by atoms with van der Waals surface area (Å²) < 4.78 is 30.4. The zero-order valence-electron chi connectivity index (χ0n) is 13.8. The number of carbonyl (C=O) groups excluding carboxylic acids is 2. The molecule has 0 aliphatic heterocycles. The maximum atomic E-state index is 13.6. The Hall–Kier alpha value is -3.42. The molecule has 0 bridgehead atoms. The van der Waals surface area contributed by atoms with Gasteiger partial charge in [0.25, 0.3) is 0 Å². The van der Waals surface area contributed by atoms with Crippen LogP contribution in [0.25, 0.3) is 0 Å². The fourth-order valence-corrected chi connectivity index (χ4v) is 2.25. The fraction of sp³-hybridized carbons (Fsp3) is 0.167. The molecule has 26 heavy (non-hydrogen) atoms. The molecule has 2 aromatic heterocycles. The maximum Gasteiger partial charge on any atom is 0.374 e. The van der Waals surface area contributed by atoms with Crippen LogP contribution < -0.4 is 4.74 Å². The van der Waals surface area contributed by atoms with Gasteiger partial charge in [-0.1, -0.05) is 0 Å². The molecular formula is C18H15FN2O5. The molecule has 8 heteroatoms. The molecule has 3 rings (SSSR count). The van der Waals surface area contributed by atoms with Crippen LogP contribution in [0.1, 0.15) is 26.7 Å². The molecule has 0 radical (unpaired) electrons. The lowest BCUT2D eigenvalue weighted by atomic mass is 10.1. The largest absolute Gasteiger partial charge is 0.494 e. The van der Waals surface area contributed by atoms with E-state index in [1.807, 2.05) is 0 Å². The van der Waals surface area contributed by atoms with Gasteiger partial charge in [-0.2, -0.15) is 5.10 Å². The summed E-state index contributed by atoms with van der Waals surface area (Å²) in [5.74, 6) is -1.47. The normalized spacial score (nSPS) is 10.5. The van der Waals surface area contributed by atoms with E-state index < -0.39 is 24.2 Å². The number of rotatable bonds is 7. The van der Waals surface area contributed by atoms with Crippen LogP contribution in [0.5, 0.6) is 5.75 Å². The number of methoxy groups -OCH3 is 1. The molecule has 0 atom stereocenters. The highest BCUT2D eigenvalue weighted by Crippen LogP contribution is 2.18. The Morgan fingerprint density at radius 3 is 2.81 bits per heavy atom. The van der Waals surface area contributed by atoms with E-state index in [0.717, 1.165) is 6.07 Å². The first-order valence-electron chi connectivity index (χ1n) is 7.67. The molecule has 0 saturated heterocycles. The molecule has 134 valence electrons. The van der Waals surface area contributed by atoms with Gasteiger partial charge >= 0.3 is 5.97 Å². The van der Waals surface area contributed by atoms with Gasteiger partial charge < -0.3 is 13.9 Å². The van der Waals surface area contributed by atoms with Crippen LogP contribution in [0.2, 0.25) is 0 Å². The molecule has 0 N–H and O–H groups in total. The number of ketones is 1. The van der Waals surface area contributed by atoms with Gasteiger partial charge in [0.1, 0.15) is 5.76 Å². The van der Waals surface area contributed by atoms with Gasteiger partial charge in [0, 0.05) is 18.0 Å². The van der Waals surface area contributed by atoms with Gasteiger partial charge in [-0.05, 0) is 36.4 Å². The lowest BCUT2D eigenvalue weighted by Gasteiger charge is -2.05. The van der Waals surface area contributed by atoms with E-state index in [-0.39, 0.29) is 17.1 Å². The van der Waals surface area contributed by atoms with E-state index in [4.69, 9.17) is 13.9 Å². The predicted octanol–water partition coefficient (Wildman–Crippen LogP) is 2.71. The van der Waals surface area contributed by atoms with Crippen LogP contribution >= 0.6 is 0 Å². The lowest BCUT2D eigenvalue weighted by molar-refractivity contribution is 0.0442. The number of nitrogens with zero attached hydrogens (tertiary/aromatic N) is 2. The Labute approximate surface area is 147 Å². The summed E-state index contributed by atoms with van der Waals surface area (Å²) in [5, 5.41) is 4.03. The van der Waals surface area contributed by atoms with E-state index >= 15 is 0 Å². The van der Waals surface area contributed by atoms with Crippen molar-refractivity contribution in [2.24, 2.45) is 0 Å². The second-order valence-electron chi connectivity index (χ2n) is 5.32. The number of hydrogen-bond acceptors (Lipinski definition) is 6. The highest BCUT2D eigenvalue weighted by molar-refractivity contribution is 5.99. The van der Waals surface area contributed by atoms with Crippen molar-refractivity contribution in [3.8, 4) is 5.75 Å². The van der Waals surface area contributed by atoms with Crippen molar-refractivity contribution in [2.45, 2.75) is 6.54 Å². The number of esters is 1. The Morgan fingerprint density at radius 1 is 1.27 bits per heavy atom. The summed E-state index contributed by atoms with van der Waals surface area (Å²) in [5.41, 5.74) is 0.0786. The van der Waals surface area contributed by atoms with Crippen LogP contribution in [0.15, 0.2) is 53.2 Å². The molecule has 7 nitrogen and oxygen atoms in total. The van der Waals surface area contributed by atoms with E-state index in [1.54, 1.807) is 29.2 Å². The first-order chi connectivity index (χ1) is 12.6. The SMILES string of the molecule is COc1ccc(C(=O)COC(=O)c2ccc(Cn3cccn3)o2)cc1F. The van der Waals surface area contributed by atoms with Gasteiger partial charge in [0.15, 0.2) is 24.0 Å². The number of furan rings is 1. The van der Waals surface area contributed by atoms with Crippen LogP contribution in [0.3, 0.4) is 0 Å². The molecular weight excluding hydrogens is 343 g/mol. The number of carbonyl (C=O) groups is 2. The topological polar surface area (TPSA) is 83.6 Å². The molecule has 0 unspecified atom stereocenters. The average molecular weight is 358 g/mol. The number of benzene rings is 1. The Bertz CT molecular complexity index is 918. The second kappa shape index (κ2) is 7.64. The molecule has 2 heterocycles. The van der Waals surface area contributed by atoms with E-state index in [1.165, 1.54) is 25.3 Å². The van der Waals surface area contributed by atoms with Crippen LogP contribution in [-0.4, -0.2) is 35.2 Å². The number of Topliss-reactive ketones (excluding diaryl/α,β-unsaturated/α-hetero) is 1. The third-order valence-electron chi connectivity index (χ3n) is 3.55. The highest BCUT2D eigenvalue weighted by atomic mass is 19.1. The average Bonchev–Trinajstić information content (AvgIpc) is 3.31. The lowest BCUT2D eigenvalue weighted by Crippen LogP contribution is -2.14. The quantitative estimate of drug-likeness (QED) is 0.477. The van der Waals surface area contributed by atoms with Gasteiger partial charge in [0.05, 0.1) is 13.7 Å². The molecule has 0 aliphatic carbocycles. The van der Waals surface area contributed by atoms with Crippen molar-refractivity contribution in [2.75, 3.05) is 13.7 Å². The summed E-state index contributed by atoms with van der Waals surface area (Å²) >= 11 is 0. The van der Waals surface area contributed by atoms with Crippen LogP contribution in [-0.2, 0) is 11.3 Å². The molecule has 0 spiro atoms. The first kappa shape index (κ1) is 17.4. The summed E-state index contributed by atoms with van der Waals surface area (Å²) in [7, 11) is 1.33.